The normalized spacial score (nSPS) is 14.2. The molecule has 1 atom stereocenters. The summed E-state index contributed by atoms with van der Waals surface area (Å²) < 4.78 is 15.6. The van der Waals surface area contributed by atoms with Crippen LogP contribution in [0.2, 0.25) is 0 Å². The van der Waals surface area contributed by atoms with Crippen LogP contribution in [0.4, 0.5) is 0 Å². The molecule has 5 aromatic rings. The summed E-state index contributed by atoms with van der Waals surface area (Å²) in [7, 11) is 0. The van der Waals surface area contributed by atoms with Crippen LogP contribution in [-0.2, 0) is 16.1 Å². The number of hydrogen-bond donors (Lipinski definition) is 0. The zero-order valence-corrected chi connectivity index (χ0v) is 31.2. The van der Waals surface area contributed by atoms with Crippen molar-refractivity contribution < 1.29 is 14.3 Å². The van der Waals surface area contributed by atoms with Crippen molar-refractivity contribution in [2.45, 2.75) is 24.5 Å². The van der Waals surface area contributed by atoms with Crippen LogP contribution in [0.15, 0.2) is 116 Å². The van der Waals surface area contributed by atoms with E-state index in [4.69, 9.17) is 14.5 Å². The fraction of sp³-hybridized carbons (Fsp3) is 0.135. The highest BCUT2D eigenvalue weighted by molar-refractivity contribution is 14.1. The number of ether oxygens (including phenoxy) is 2. The quantitative estimate of drug-likeness (QED) is 0.0869. The number of benzene rings is 4. The van der Waals surface area contributed by atoms with Crippen LogP contribution in [0.5, 0.6) is 5.75 Å². The van der Waals surface area contributed by atoms with Crippen molar-refractivity contribution in [1.82, 2.24) is 4.57 Å². The summed E-state index contributed by atoms with van der Waals surface area (Å²) >= 11 is 8.67. The Kier molecular flexibility index (Phi) is 10.7. The van der Waals surface area contributed by atoms with Gasteiger partial charge in [-0.3, -0.25) is 9.36 Å². The van der Waals surface area contributed by atoms with E-state index in [9.17, 15) is 14.9 Å². The molecule has 0 fully saturated rings. The van der Waals surface area contributed by atoms with Gasteiger partial charge in [0.25, 0.3) is 5.56 Å². The smallest absolute Gasteiger partial charge is 0.338 e. The average Bonchev–Trinajstić information content (AvgIpc) is 3.41. The third-order valence-electron chi connectivity index (χ3n) is 7.64. The number of rotatable bonds is 9. The summed E-state index contributed by atoms with van der Waals surface area (Å²) in [6.07, 6.45) is 3.80. The molecule has 0 aliphatic carbocycles. The molecule has 48 heavy (non-hydrogen) atoms. The molecule has 0 amide bonds. The number of fused-ring (bicyclic) bond motifs is 1. The first kappa shape index (κ1) is 33.9. The number of aromatic nitrogens is 1. The maximum Gasteiger partial charge on any atom is 0.338 e. The number of thiazole rings is 1. The van der Waals surface area contributed by atoms with Crippen molar-refractivity contribution in [1.29, 1.82) is 5.26 Å². The molecule has 1 aromatic heterocycles. The monoisotopic (exact) mass is 847 g/mol. The first-order valence-electron chi connectivity index (χ1n) is 14.8. The number of nitrogens with zero attached hydrogens (tertiary/aromatic N) is 3. The van der Waals surface area contributed by atoms with Crippen molar-refractivity contribution in [3.63, 3.8) is 0 Å². The van der Waals surface area contributed by atoms with E-state index >= 15 is 0 Å². The van der Waals surface area contributed by atoms with Gasteiger partial charge in [-0.15, -0.1) is 11.8 Å². The maximum absolute atomic E-state index is 14.5. The van der Waals surface area contributed by atoms with Gasteiger partial charge in [0.1, 0.15) is 12.4 Å². The van der Waals surface area contributed by atoms with Crippen LogP contribution >= 0.6 is 61.6 Å². The minimum absolute atomic E-state index is 0.177. The molecule has 0 spiro atoms. The van der Waals surface area contributed by atoms with Gasteiger partial charge in [-0.05, 0) is 77.7 Å². The van der Waals surface area contributed by atoms with Gasteiger partial charge >= 0.3 is 5.97 Å². The zero-order valence-electron chi connectivity index (χ0n) is 25.8. The van der Waals surface area contributed by atoms with E-state index in [1.165, 1.54) is 11.3 Å². The molecule has 2 heterocycles. The fourth-order valence-electron chi connectivity index (χ4n) is 5.43. The molecule has 1 aliphatic rings. The first-order chi connectivity index (χ1) is 23.3. The number of thioether (sulfide) groups is 1. The summed E-state index contributed by atoms with van der Waals surface area (Å²) in [6, 6.07) is 29.9. The lowest BCUT2D eigenvalue weighted by Crippen LogP contribution is -2.40. The van der Waals surface area contributed by atoms with Crippen molar-refractivity contribution in [3.05, 3.63) is 152 Å². The Bertz CT molecular complexity index is 2280. The summed E-state index contributed by atoms with van der Waals surface area (Å²) in [6.45, 7) is 2.12. The van der Waals surface area contributed by atoms with Gasteiger partial charge in [0, 0.05) is 26.1 Å². The molecule has 0 radical (unpaired) electrons. The van der Waals surface area contributed by atoms with Crippen LogP contribution in [0, 0.1) is 14.9 Å². The van der Waals surface area contributed by atoms with Crippen LogP contribution < -0.4 is 19.6 Å². The van der Waals surface area contributed by atoms with Gasteiger partial charge in [-0.1, -0.05) is 87.9 Å². The highest BCUT2D eigenvalue weighted by Crippen LogP contribution is 2.36. The van der Waals surface area contributed by atoms with Gasteiger partial charge in [0.05, 0.1) is 43.7 Å². The SMILES string of the molecule is CCOC(=O)C1=C(c2ccccc2)N=c2s/c(=C\c3cc(Br)cc(I)c3OCc3ccccc3C#N)c(=O)n2[C@@H]1c1ccc(SC)cc1. The Hall–Kier alpha value is -3.96. The Morgan fingerprint density at radius 3 is 2.54 bits per heavy atom. The van der Waals surface area contributed by atoms with E-state index in [0.717, 1.165) is 29.6 Å². The van der Waals surface area contributed by atoms with Gasteiger partial charge in [-0.25, -0.2) is 9.79 Å². The fourth-order valence-corrected chi connectivity index (χ4v) is 8.53. The Morgan fingerprint density at radius 2 is 1.83 bits per heavy atom. The van der Waals surface area contributed by atoms with E-state index in [1.807, 2.05) is 91.2 Å². The molecule has 240 valence electrons. The van der Waals surface area contributed by atoms with Crippen LogP contribution in [0.25, 0.3) is 11.8 Å². The number of nitriles is 1. The Labute approximate surface area is 307 Å². The standard InChI is InChI=1S/C37H27BrIN3O4S2/c1-3-45-36(44)31-32(22-9-5-4-6-10-22)41-37-42(33(31)23-13-15-28(47-2)16-14-23)35(43)30(48-37)18-26-17-27(38)19-29(39)34(26)46-21-25-12-8-7-11-24(25)20-40/h4-19,33H,3,21H2,1-2H3/b30-18-/t33-/m1/s1. The second-order valence-electron chi connectivity index (χ2n) is 10.6. The second-order valence-corrected chi connectivity index (χ2v) is 14.5. The lowest BCUT2D eigenvalue weighted by molar-refractivity contribution is -0.138. The number of halogens is 2. The lowest BCUT2D eigenvalue weighted by Gasteiger charge is -2.26. The molecule has 0 unspecified atom stereocenters. The number of esters is 1. The highest BCUT2D eigenvalue weighted by atomic mass is 127. The van der Waals surface area contributed by atoms with E-state index in [-0.39, 0.29) is 18.8 Å². The summed E-state index contributed by atoms with van der Waals surface area (Å²) in [4.78, 5) is 34.7. The van der Waals surface area contributed by atoms with E-state index in [1.54, 1.807) is 35.4 Å². The van der Waals surface area contributed by atoms with E-state index in [2.05, 4.69) is 44.6 Å². The average molecular weight is 849 g/mol. The minimum Gasteiger partial charge on any atom is -0.487 e. The molecule has 0 saturated carbocycles. The molecule has 0 saturated heterocycles. The molecule has 6 rings (SSSR count). The van der Waals surface area contributed by atoms with Crippen molar-refractivity contribution >= 4 is 79.4 Å². The van der Waals surface area contributed by atoms with Crippen molar-refractivity contribution in [2.24, 2.45) is 4.99 Å². The zero-order chi connectivity index (χ0) is 33.8. The number of hydrogen-bond acceptors (Lipinski definition) is 8. The van der Waals surface area contributed by atoms with Gasteiger partial charge < -0.3 is 9.47 Å². The van der Waals surface area contributed by atoms with Crippen molar-refractivity contribution in [3.8, 4) is 11.8 Å². The molecule has 7 nitrogen and oxygen atoms in total. The molecule has 1 aliphatic heterocycles. The molecule has 11 heteroatoms. The summed E-state index contributed by atoms with van der Waals surface area (Å²) in [5, 5.41) is 9.57. The minimum atomic E-state index is -0.769. The lowest BCUT2D eigenvalue weighted by atomic mass is 9.93. The number of carbonyl (C=O) groups is 1. The van der Waals surface area contributed by atoms with Crippen LogP contribution in [-0.4, -0.2) is 23.4 Å². The van der Waals surface area contributed by atoms with Crippen molar-refractivity contribution in [2.75, 3.05) is 12.9 Å². The van der Waals surface area contributed by atoms with Gasteiger partial charge in [0.2, 0.25) is 0 Å². The molecule has 0 bridgehead atoms. The van der Waals surface area contributed by atoms with E-state index < -0.39 is 12.0 Å². The highest BCUT2D eigenvalue weighted by Gasteiger charge is 2.35. The number of carbonyl (C=O) groups excluding carboxylic acids is 1. The third kappa shape index (κ3) is 6.94. The molecular weight excluding hydrogens is 821 g/mol. The van der Waals surface area contributed by atoms with E-state index in [0.29, 0.717) is 37.5 Å². The topological polar surface area (TPSA) is 93.7 Å². The predicted octanol–water partition coefficient (Wildman–Crippen LogP) is 7.48. The van der Waals surface area contributed by atoms with Gasteiger partial charge in [-0.2, -0.15) is 5.26 Å². The molecule has 4 aromatic carbocycles. The second kappa shape index (κ2) is 15.1. The Morgan fingerprint density at radius 1 is 1.10 bits per heavy atom. The summed E-state index contributed by atoms with van der Waals surface area (Å²) in [5.41, 5.74) is 3.98. The predicted molar refractivity (Wildman–Crippen MR) is 202 cm³/mol. The molecular formula is C37H27BrIN3O4S2. The summed E-state index contributed by atoms with van der Waals surface area (Å²) in [5.74, 6) is 0.0574. The first-order valence-corrected chi connectivity index (χ1v) is 18.8. The van der Waals surface area contributed by atoms with Crippen LogP contribution in [0.3, 0.4) is 0 Å². The van der Waals surface area contributed by atoms with Gasteiger partial charge in [0.15, 0.2) is 4.80 Å². The maximum atomic E-state index is 14.5. The largest absolute Gasteiger partial charge is 0.487 e. The van der Waals surface area contributed by atoms with Crippen LogP contribution in [0.1, 0.15) is 40.8 Å². The Balaban J connectivity index is 1.56. The molecule has 0 N–H and O–H groups in total. The third-order valence-corrected chi connectivity index (χ3v) is 10.6.